The smallest absolute Gasteiger partial charge is 0.350 e. The Balaban J connectivity index is 1.71. The second kappa shape index (κ2) is 9.79. The first-order valence-corrected chi connectivity index (χ1v) is 11.4. The molecule has 0 saturated heterocycles. The van der Waals surface area contributed by atoms with Gasteiger partial charge in [0.15, 0.2) is 5.13 Å². The third-order valence-electron chi connectivity index (χ3n) is 4.88. The molecular formula is C25H23N3O4S. The number of aryl methyl sites for hydroxylation is 1. The van der Waals surface area contributed by atoms with Crippen LogP contribution >= 0.6 is 11.3 Å². The summed E-state index contributed by atoms with van der Waals surface area (Å²) in [6, 6.07) is 16.8. The number of esters is 1. The number of amides is 1. The molecule has 0 fully saturated rings. The molecule has 2 aromatic carbocycles. The molecule has 8 heteroatoms. The van der Waals surface area contributed by atoms with Crippen LogP contribution in [0.5, 0.6) is 5.75 Å². The number of benzene rings is 2. The first-order valence-electron chi connectivity index (χ1n) is 10.6. The van der Waals surface area contributed by atoms with Crippen molar-refractivity contribution in [2.75, 3.05) is 18.5 Å². The van der Waals surface area contributed by atoms with Crippen molar-refractivity contribution in [2.45, 2.75) is 20.8 Å². The number of pyridine rings is 1. The van der Waals surface area contributed by atoms with Crippen LogP contribution in [0.1, 0.15) is 39.6 Å². The number of anilines is 1. The Kier molecular flexibility index (Phi) is 6.65. The first kappa shape index (κ1) is 22.4. The van der Waals surface area contributed by atoms with Crippen LogP contribution < -0.4 is 10.1 Å². The Morgan fingerprint density at radius 3 is 2.61 bits per heavy atom. The number of aromatic nitrogens is 2. The fourth-order valence-electron chi connectivity index (χ4n) is 3.42. The van der Waals surface area contributed by atoms with E-state index in [1.165, 1.54) is 0 Å². The summed E-state index contributed by atoms with van der Waals surface area (Å²) in [7, 11) is 0. The predicted molar refractivity (Wildman–Crippen MR) is 129 cm³/mol. The molecule has 0 saturated carbocycles. The van der Waals surface area contributed by atoms with Crippen molar-refractivity contribution in [3.05, 3.63) is 70.7 Å². The SMILES string of the molecule is CCOC(=O)c1sc(NC(=O)c2cc(-c3cccc(OCC)c3)nc3ccccc23)nc1C. The highest BCUT2D eigenvalue weighted by molar-refractivity contribution is 7.17. The largest absolute Gasteiger partial charge is 0.494 e. The highest BCUT2D eigenvalue weighted by Gasteiger charge is 2.20. The lowest BCUT2D eigenvalue weighted by Gasteiger charge is -2.11. The van der Waals surface area contributed by atoms with Gasteiger partial charge in [-0.3, -0.25) is 10.1 Å². The Morgan fingerprint density at radius 1 is 1.00 bits per heavy atom. The fourth-order valence-corrected chi connectivity index (χ4v) is 4.28. The van der Waals surface area contributed by atoms with Gasteiger partial charge in [0.25, 0.3) is 5.91 Å². The highest BCUT2D eigenvalue weighted by Crippen LogP contribution is 2.29. The second-order valence-electron chi connectivity index (χ2n) is 7.14. The quantitative estimate of drug-likeness (QED) is 0.366. The minimum absolute atomic E-state index is 0.272. The van der Waals surface area contributed by atoms with Gasteiger partial charge in [0.1, 0.15) is 10.6 Å². The van der Waals surface area contributed by atoms with Crippen molar-refractivity contribution < 1.29 is 19.1 Å². The van der Waals surface area contributed by atoms with E-state index in [9.17, 15) is 9.59 Å². The van der Waals surface area contributed by atoms with E-state index >= 15 is 0 Å². The van der Waals surface area contributed by atoms with Crippen LogP contribution in [0.2, 0.25) is 0 Å². The Bertz CT molecular complexity index is 1330. The zero-order chi connectivity index (χ0) is 23.4. The van der Waals surface area contributed by atoms with E-state index in [1.807, 2.05) is 55.5 Å². The molecule has 4 aromatic rings. The molecule has 0 atom stereocenters. The highest BCUT2D eigenvalue weighted by atomic mass is 32.1. The first-order chi connectivity index (χ1) is 16.0. The number of rotatable bonds is 7. The van der Waals surface area contributed by atoms with Crippen molar-refractivity contribution in [3.63, 3.8) is 0 Å². The number of thiazole rings is 1. The van der Waals surface area contributed by atoms with Crippen molar-refractivity contribution in [1.82, 2.24) is 9.97 Å². The molecule has 0 aliphatic rings. The van der Waals surface area contributed by atoms with Gasteiger partial charge < -0.3 is 9.47 Å². The van der Waals surface area contributed by atoms with Gasteiger partial charge in [-0.2, -0.15) is 0 Å². The van der Waals surface area contributed by atoms with Gasteiger partial charge in [-0.15, -0.1) is 0 Å². The number of carbonyl (C=O) groups excluding carboxylic acids is 2. The van der Waals surface area contributed by atoms with E-state index in [1.54, 1.807) is 19.9 Å². The lowest BCUT2D eigenvalue weighted by Crippen LogP contribution is -2.13. The summed E-state index contributed by atoms with van der Waals surface area (Å²) >= 11 is 1.09. The van der Waals surface area contributed by atoms with Gasteiger partial charge in [-0.05, 0) is 45.0 Å². The average molecular weight is 462 g/mol. The standard InChI is InChI=1S/C25H23N3O4S/c1-4-31-17-10-8-9-16(13-17)21-14-19(18-11-6-7-12-20(18)27-21)23(29)28-25-26-15(3)22(33-25)24(30)32-5-2/h6-14H,4-5H2,1-3H3,(H,26,28,29). The molecular weight excluding hydrogens is 438 g/mol. The van der Waals surface area contributed by atoms with E-state index in [0.717, 1.165) is 28.0 Å². The topological polar surface area (TPSA) is 90.4 Å². The Hall–Kier alpha value is -3.78. The van der Waals surface area contributed by atoms with Crippen molar-refractivity contribution in [3.8, 4) is 17.0 Å². The number of ether oxygens (including phenoxy) is 2. The normalized spacial score (nSPS) is 10.8. The van der Waals surface area contributed by atoms with E-state index in [2.05, 4.69) is 10.3 Å². The van der Waals surface area contributed by atoms with Crippen LogP contribution in [-0.2, 0) is 4.74 Å². The summed E-state index contributed by atoms with van der Waals surface area (Å²) in [4.78, 5) is 34.8. The van der Waals surface area contributed by atoms with E-state index < -0.39 is 5.97 Å². The number of fused-ring (bicyclic) bond motifs is 1. The zero-order valence-electron chi connectivity index (χ0n) is 18.5. The van der Waals surface area contributed by atoms with Crippen LogP contribution in [0.3, 0.4) is 0 Å². The van der Waals surface area contributed by atoms with Gasteiger partial charge in [-0.1, -0.05) is 41.7 Å². The molecule has 0 aliphatic carbocycles. The number of hydrogen-bond acceptors (Lipinski definition) is 7. The van der Waals surface area contributed by atoms with Crippen molar-refractivity contribution in [1.29, 1.82) is 0 Å². The predicted octanol–water partition coefficient (Wildman–Crippen LogP) is 5.49. The maximum atomic E-state index is 13.3. The number of nitrogens with zero attached hydrogens (tertiary/aromatic N) is 2. The summed E-state index contributed by atoms with van der Waals surface area (Å²) in [6.45, 7) is 6.21. The van der Waals surface area contributed by atoms with Crippen LogP contribution in [0.4, 0.5) is 5.13 Å². The molecule has 2 aromatic heterocycles. The maximum absolute atomic E-state index is 13.3. The number of nitrogens with one attached hydrogen (secondary N) is 1. The van der Waals surface area contributed by atoms with Gasteiger partial charge in [0.05, 0.1) is 35.7 Å². The molecule has 1 N–H and O–H groups in total. The third kappa shape index (κ3) is 4.85. The molecule has 7 nitrogen and oxygen atoms in total. The summed E-state index contributed by atoms with van der Waals surface area (Å²) in [5, 5.41) is 3.88. The summed E-state index contributed by atoms with van der Waals surface area (Å²) < 4.78 is 10.7. The summed E-state index contributed by atoms with van der Waals surface area (Å²) in [6.07, 6.45) is 0. The van der Waals surface area contributed by atoms with Crippen molar-refractivity contribution in [2.24, 2.45) is 0 Å². The monoisotopic (exact) mass is 461 g/mol. The lowest BCUT2D eigenvalue weighted by molar-refractivity contribution is 0.0531. The fraction of sp³-hybridized carbons (Fsp3) is 0.200. The molecule has 33 heavy (non-hydrogen) atoms. The van der Waals surface area contributed by atoms with Crippen LogP contribution in [0.25, 0.3) is 22.2 Å². The number of hydrogen-bond donors (Lipinski definition) is 1. The molecule has 0 spiro atoms. The molecule has 2 heterocycles. The van der Waals surface area contributed by atoms with Gasteiger partial charge in [-0.25, -0.2) is 14.8 Å². The van der Waals surface area contributed by atoms with Crippen LogP contribution in [-0.4, -0.2) is 35.1 Å². The maximum Gasteiger partial charge on any atom is 0.350 e. The second-order valence-corrected chi connectivity index (χ2v) is 8.14. The van der Waals surface area contributed by atoms with E-state index in [-0.39, 0.29) is 12.5 Å². The average Bonchev–Trinajstić information content (AvgIpc) is 3.18. The third-order valence-corrected chi connectivity index (χ3v) is 5.93. The number of para-hydroxylation sites is 1. The van der Waals surface area contributed by atoms with Gasteiger partial charge >= 0.3 is 5.97 Å². The molecule has 0 bridgehead atoms. The molecule has 168 valence electrons. The Morgan fingerprint density at radius 2 is 1.82 bits per heavy atom. The van der Waals surface area contributed by atoms with Crippen molar-refractivity contribution >= 4 is 39.2 Å². The summed E-state index contributed by atoms with van der Waals surface area (Å²) in [5.41, 5.74) is 3.17. The molecule has 1 amide bonds. The minimum atomic E-state index is -0.446. The van der Waals surface area contributed by atoms with Gasteiger partial charge in [0.2, 0.25) is 0 Å². The lowest BCUT2D eigenvalue weighted by atomic mass is 10.0. The minimum Gasteiger partial charge on any atom is -0.494 e. The number of carbonyl (C=O) groups is 2. The van der Waals surface area contributed by atoms with Gasteiger partial charge in [0, 0.05) is 10.9 Å². The molecule has 0 radical (unpaired) electrons. The molecule has 4 rings (SSSR count). The van der Waals surface area contributed by atoms with E-state index in [0.29, 0.717) is 39.1 Å². The van der Waals surface area contributed by atoms with E-state index in [4.69, 9.17) is 14.5 Å². The Labute approximate surface area is 195 Å². The zero-order valence-corrected chi connectivity index (χ0v) is 19.4. The van der Waals surface area contributed by atoms with Crippen LogP contribution in [0, 0.1) is 6.92 Å². The molecule has 0 aliphatic heterocycles. The summed E-state index contributed by atoms with van der Waals surface area (Å²) in [5.74, 6) is -0.0421. The van der Waals surface area contributed by atoms with Crippen LogP contribution in [0.15, 0.2) is 54.6 Å². The molecule has 0 unspecified atom stereocenters.